The van der Waals surface area contributed by atoms with E-state index in [4.69, 9.17) is 0 Å². The molecule has 1 heteroatoms. The Kier molecular flexibility index (Phi) is 7.91. The molecule has 0 spiro atoms. The Labute approximate surface area is 340 Å². The van der Waals surface area contributed by atoms with Crippen LogP contribution in [-0.2, 0) is 5.41 Å². The van der Waals surface area contributed by atoms with Gasteiger partial charge in [0.1, 0.15) is 0 Å². The zero-order valence-electron chi connectivity index (χ0n) is 32.7. The summed E-state index contributed by atoms with van der Waals surface area (Å²) in [7, 11) is 0. The van der Waals surface area contributed by atoms with Gasteiger partial charge < -0.3 is 4.90 Å². The molecule has 1 aliphatic rings. The van der Waals surface area contributed by atoms with E-state index in [0.717, 1.165) is 17.1 Å². The van der Waals surface area contributed by atoms with E-state index in [1.807, 2.05) is 0 Å². The third-order valence-corrected chi connectivity index (χ3v) is 12.4. The summed E-state index contributed by atoms with van der Waals surface area (Å²) in [5.74, 6) is 0. The smallest absolute Gasteiger partial charge is 0.0465 e. The van der Waals surface area contributed by atoms with E-state index in [-0.39, 0.29) is 5.41 Å². The molecule has 0 fully saturated rings. The number of para-hydroxylation sites is 1. The van der Waals surface area contributed by atoms with E-state index in [0.29, 0.717) is 0 Å². The van der Waals surface area contributed by atoms with Crippen molar-refractivity contribution in [1.82, 2.24) is 0 Å². The maximum Gasteiger partial charge on any atom is 0.0465 e. The normalized spacial score (nSPS) is 12.8. The summed E-state index contributed by atoms with van der Waals surface area (Å²) in [6, 6.07) is 78.0. The topological polar surface area (TPSA) is 3.24 Å². The molecule has 274 valence electrons. The van der Waals surface area contributed by atoms with E-state index in [1.54, 1.807) is 0 Å². The Hall–Kier alpha value is -7.22. The van der Waals surface area contributed by atoms with Gasteiger partial charge >= 0.3 is 0 Å². The molecule has 0 bridgehead atoms. The lowest BCUT2D eigenvalue weighted by Gasteiger charge is -2.28. The number of nitrogens with zero attached hydrogens (tertiary/aromatic N) is 1. The van der Waals surface area contributed by atoms with Crippen molar-refractivity contribution in [3.8, 4) is 44.5 Å². The fraction of sp³-hybridized carbons (Fsp3) is 0.0526. The van der Waals surface area contributed by atoms with Gasteiger partial charge in [-0.1, -0.05) is 172 Å². The molecule has 1 nitrogen and oxygen atoms in total. The largest absolute Gasteiger partial charge is 0.310 e. The van der Waals surface area contributed by atoms with E-state index >= 15 is 0 Å². The van der Waals surface area contributed by atoms with Gasteiger partial charge in [0.05, 0.1) is 0 Å². The molecule has 0 amide bonds. The highest BCUT2D eigenvalue weighted by molar-refractivity contribution is 6.25. The van der Waals surface area contributed by atoms with Crippen LogP contribution in [0.5, 0.6) is 0 Å². The average Bonchev–Trinajstić information content (AvgIpc) is 3.51. The number of anilines is 3. The van der Waals surface area contributed by atoms with E-state index in [2.05, 4.69) is 231 Å². The first-order valence-electron chi connectivity index (χ1n) is 20.3. The molecule has 0 aromatic heterocycles. The van der Waals surface area contributed by atoms with Crippen LogP contribution in [-0.4, -0.2) is 0 Å². The highest BCUT2D eigenvalue weighted by atomic mass is 15.1. The van der Waals surface area contributed by atoms with Crippen LogP contribution in [0, 0.1) is 0 Å². The zero-order valence-corrected chi connectivity index (χ0v) is 32.7. The third kappa shape index (κ3) is 5.46. The van der Waals surface area contributed by atoms with Crippen molar-refractivity contribution >= 4 is 49.4 Å². The molecule has 10 aromatic carbocycles. The summed E-state index contributed by atoms with van der Waals surface area (Å²) < 4.78 is 0. The molecule has 0 atom stereocenters. The molecule has 11 rings (SSSR count). The second-order valence-electron chi connectivity index (χ2n) is 16.1. The number of fused-ring (bicyclic) bond motifs is 8. The number of hydrogen-bond donors (Lipinski definition) is 0. The van der Waals surface area contributed by atoms with Crippen LogP contribution in [0.15, 0.2) is 212 Å². The summed E-state index contributed by atoms with van der Waals surface area (Å²) in [5, 5.41) is 7.71. The third-order valence-electron chi connectivity index (χ3n) is 12.4. The first-order chi connectivity index (χ1) is 28.5. The van der Waals surface area contributed by atoms with Gasteiger partial charge in [0.15, 0.2) is 0 Å². The second kappa shape index (κ2) is 13.5. The number of rotatable bonds is 6. The van der Waals surface area contributed by atoms with E-state index in [9.17, 15) is 0 Å². The van der Waals surface area contributed by atoms with Crippen LogP contribution in [0.4, 0.5) is 17.1 Å². The molecule has 0 heterocycles. The quantitative estimate of drug-likeness (QED) is 0.154. The molecule has 58 heavy (non-hydrogen) atoms. The maximum absolute atomic E-state index is 2.47. The SMILES string of the molecule is CC1(C)c2cc(-c3cc4cc(-c5ccccc5)c5ccccc5c4c4ccccc34)ccc2-c2ccc(N(c3ccccc3)c3ccc(-c4ccccc4)cc3)cc21. The first kappa shape index (κ1) is 34.1. The lowest BCUT2D eigenvalue weighted by atomic mass is 9.81. The van der Waals surface area contributed by atoms with Crippen LogP contribution < -0.4 is 4.90 Å². The first-order valence-corrected chi connectivity index (χ1v) is 20.3. The van der Waals surface area contributed by atoms with Gasteiger partial charge in [0, 0.05) is 22.5 Å². The summed E-state index contributed by atoms with van der Waals surface area (Å²) in [6.45, 7) is 4.78. The average molecular weight is 740 g/mol. The fourth-order valence-electron chi connectivity index (χ4n) is 9.57. The molecule has 10 aromatic rings. The Balaban J connectivity index is 1.03. The summed E-state index contributed by atoms with van der Waals surface area (Å²) >= 11 is 0. The zero-order chi connectivity index (χ0) is 38.8. The van der Waals surface area contributed by atoms with Gasteiger partial charge in [0.25, 0.3) is 0 Å². The van der Waals surface area contributed by atoms with Crippen molar-refractivity contribution in [1.29, 1.82) is 0 Å². The monoisotopic (exact) mass is 739 g/mol. The molecule has 0 unspecified atom stereocenters. The number of hydrogen-bond acceptors (Lipinski definition) is 1. The van der Waals surface area contributed by atoms with Crippen molar-refractivity contribution in [3.05, 3.63) is 223 Å². The maximum atomic E-state index is 2.47. The van der Waals surface area contributed by atoms with Crippen LogP contribution in [0.3, 0.4) is 0 Å². The minimum atomic E-state index is -0.209. The Morgan fingerprint density at radius 3 is 1.36 bits per heavy atom. The van der Waals surface area contributed by atoms with E-state index in [1.165, 1.54) is 88.0 Å². The highest BCUT2D eigenvalue weighted by Crippen LogP contribution is 2.52. The van der Waals surface area contributed by atoms with Gasteiger partial charge in [-0.2, -0.15) is 0 Å². The molecule has 1 aliphatic carbocycles. The van der Waals surface area contributed by atoms with E-state index < -0.39 is 0 Å². The van der Waals surface area contributed by atoms with Gasteiger partial charge in [-0.15, -0.1) is 0 Å². The summed E-state index contributed by atoms with van der Waals surface area (Å²) in [5.41, 5.74) is 16.0. The van der Waals surface area contributed by atoms with Gasteiger partial charge in [0.2, 0.25) is 0 Å². The molecule has 0 N–H and O–H groups in total. The van der Waals surface area contributed by atoms with Crippen LogP contribution in [0.1, 0.15) is 25.0 Å². The molecule has 0 aliphatic heterocycles. The molecule has 0 saturated carbocycles. The van der Waals surface area contributed by atoms with Gasteiger partial charge in [-0.05, 0) is 143 Å². The Morgan fingerprint density at radius 2 is 0.741 bits per heavy atom. The lowest BCUT2D eigenvalue weighted by molar-refractivity contribution is 0.660. The van der Waals surface area contributed by atoms with Crippen molar-refractivity contribution in [2.24, 2.45) is 0 Å². The van der Waals surface area contributed by atoms with Crippen LogP contribution in [0.2, 0.25) is 0 Å². The van der Waals surface area contributed by atoms with Crippen molar-refractivity contribution in [2.75, 3.05) is 4.90 Å². The van der Waals surface area contributed by atoms with Gasteiger partial charge in [-0.25, -0.2) is 0 Å². The molecular weight excluding hydrogens is 699 g/mol. The van der Waals surface area contributed by atoms with Crippen LogP contribution in [0.25, 0.3) is 76.8 Å². The predicted octanol–water partition coefficient (Wildman–Crippen LogP) is 15.9. The lowest BCUT2D eigenvalue weighted by Crippen LogP contribution is -2.16. The second-order valence-corrected chi connectivity index (χ2v) is 16.1. The van der Waals surface area contributed by atoms with Crippen molar-refractivity contribution < 1.29 is 0 Å². The minimum Gasteiger partial charge on any atom is -0.310 e. The fourth-order valence-corrected chi connectivity index (χ4v) is 9.57. The predicted molar refractivity (Wildman–Crippen MR) is 248 cm³/mol. The van der Waals surface area contributed by atoms with Crippen molar-refractivity contribution in [2.45, 2.75) is 19.3 Å². The van der Waals surface area contributed by atoms with Crippen LogP contribution >= 0.6 is 0 Å². The summed E-state index contributed by atoms with van der Waals surface area (Å²) in [4.78, 5) is 2.38. The van der Waals surface area contributed by atoms with Gasteiger partial charge in [-0.3, -0.25) is 0 Å². The standard InChI is InChI=1S/C57H41N/c1-57(2)54-36-41(53-35-42-34-52(40-18-8-4-9-19-40)46-22-12-14-24-50(46)56(42)51-25-15-13-23-47(51)53)28-32-48(54)49-33-31-45(37-55(49)57)58(43-20-10-5-11-21-43)44-29-26-39(27-30-44)38-16-6-3-7-17-38/h3-37H,1-2H3. The molecular formula is C57H41N. The Morgan fingerprint density at radius 1 is 0.310 bits per heavy atom. The molecule has 0 saturated heterocycles. The summed E-state index contributed by atoms with van der Waals surface area (Å²) in [6.07, 6.45) is 0. The minimum absolute atomic E-state index is 0.209. The Bertz CT molecular complexity index is 3160. The molecule has 0 radical (unpaired) electrons. The number of benzene rings is 10. The highest BCUT2D eigenvalue weighted by Gasteiger charge is 2.36. The van der Waals surface area contributed by atoms with Crippen molar-refractivity contribution in [3.63, 3.8) is 0 Å².